The lowest BCUT2D eigenvalue weighted by atomic mass is 9.95. The van der Waals surface area contributed by atoms with Gasteiger partial charge in [0.2, 0.25) is 0 Å². The van der Waals surface area contributed by atoms with Crippen molar-refractivity contribution in [3.05, 3.63) is 11.6 Å². The summed E-state index contributed by atoms with van der Waals surface area (Å²) in [7, 11) is 0. The summed E-state index contributed by atoms with van der Waals surface area (Å²) in [6, 6.07) is 0. The summed E-state index contributed by atoms with van der Waals surface area (Å²) in [5.74, 6) is -0.154. The average molecular weight is 226 g/mol. The van der Waals surface area contributed by atoms with Crippen molar-refractivity contribution in [1.29, 1.82) is 0 Å². The molecule has 0 bridgehead atoms. The molecular weight excluding hydrogens is 200 g/mol. The molecule has 0 rings (SSSR count). The predicted molar refractivity (Wildman–Crippen MR) is 68.5 cm³/mol. The number of carbonyl (C=O) groups is 1. The standard InChI is InChI=1S/C14H26O2/c1-11(2)7-5-8-12(3)9-6-10-13(4)14(15)16/h7,12-13H,5-6,8-10H2,1-4H3,(H,15,16). The van der Waals surface area contributed by atoms with Gasteiger partial charge in [-0.05, 0) is 39.0 Å². The summed E-state index contributed by atoms with van der Waals surface area (Å²) in [5.41, 5.74) is 1.38. The molecule has 0 aliphatic heterocycles. The topological polar surface area (TPSA) is 37.3 Å². The Morgan fingerprint density at radius 1 is 1.19 bits per heavy atom. The fourth-order valence-corrected chi connectivity index (χ4v) is 1.70. The molecule has 2 heteroatoms. The lowest BCUT2D eigenvalue weighted by Crippen LogP contribution is -2.09. The highest BCUT2D eigenvalue weighted by atomic mass is 16.4. The van der Waals surface area contributed by atoms with Crippen molar-refractivity contribution < 1.29 is 9.90 Å². The largest absolute Gasteiger partial charge is 0.481 e. The zero-order chi connectivity index (χ0) is 12.6. The Labute approximate surface area is 99.7 Å². The quantitative estimate of drug-likeness (QED) is 0.628. The van der Waals surface area contributed by atoms with Crippen LogP contribution in [0.3, 0.4) is 0 Å². The molecule has 1 N–H and O–H groups in total. The van der Waals surface area contributed by atoms with E-state index in [0.29, 0.717) is 5.92 Å². The van der Waals surface area contributed by atoms with Crippen molar-refractivity contribution in [1.82, 2.24) is 0 Å². The van der Waals surface area contributed by atoms with E-state index >= 15 is 0 Å². The van der Waals surface area contributed by atoms with Crippen molar-refractivity contribution in [2.75, 3.05) is 0 Å². The molecule has 2 atom stereocenters. The molecule has 0 radical (unpaired) electrons. The normalized spacial score (nSPS) is 14.2. The van der Waals surface area contributed by atoms with E-state index in [9.17, 15) is 4.79 Å². The van der Waals surface area contributed by atoms with E-state index in [4.69, 9.17) is 5.11 Å². The summed E-state index contributed by atoms with van der Waals surface area (Å²) < 4.78 is 0. The van der Waals surface area contributed by atoms with Gasteiger partial charge in [0.15, 0.2) is 0 Å². The number of carboxylic acid groups (broad SMARTS) is 1. The number of rotatable bonds is 8. The summed E-state index contributed by atoms with van der Waals surface area (Å²) >= 11 is 0. The molecule has 0 fully saturated rings. The average Bonchev–Trinajstić information content (AvgIpc) is 2.16. The second-order valence-electron chi connectivity index (χ2n) is 5.13. The van der Waals surface area contributed by atoms with E-state index < -0.39 is 5.97 Å². The van der Waals surface area contributed by atoms with Gasteiger partial charge in [-0.25, -0.2) is 0 Å². The molecule has 0 aromatic carbocycles. The Balaban J connectivity index is 3.54. The molecule has 0 heterocycles. The fraction of sp³-hybridized carbons (Fsp3) is 0.786. The van der Waals surface area contributed by atoms with Crippen LogP contribution in [0.15, 0.2) is 11.6 Å². The van der Waals surface area contributed by atoms with Crippen LogP contribution in [0, 0.1) is 11.8 Å². The Bertz CT molecular complexity index is 227. The van der Waals surface area contributed by atoms with Gasteiger partial charge < -0.3 is 5.11 Å². The molecule has 0 aliphatic carbocycles. The Hall–Kier alpha value is -0.790. The van der Waals surface area contributed by atoms with Crippen LogP contribution in [-0.2, 0) is 4.79 Å². The van der Waals surface area contributed by atoms with Crippen LogP contribution in [-0.4, -0.2) is 11.1 Å². The third-order valence-electron chi connectivity index (χ3n) is 2.97. The molecular formula is C14H26O2. The van der Waals surface area contributed by atoms with E-state index in [1.165, 1.54) is 12.0 Å². The Kier molecular flexibility index (Phi) is 7.96. The summed E-state index contributed by atoms with van der Waals surface area (Å²) in [4.78, 5) is 10.6. The predicted octanol–water partition coefficient (Wildman–Crippen LogP) is 4.26. The number of allylic oxidation sites excluding steroid dienone is 2. The molecule has 16 heavy (non-hydrogen) atoms. The Morgan fingerprint density at radius 3 is 2.31 bits per heavy atom. The SMILES string of the molecule is CC(C)=CCCC(C)CCCC(C)C(=O)O. The molecule has 0 spiro atoms. The first-order chi connectivity index (χ1) is 7.43. The highest BCUT2D eigenvalue weighted by Gasteiger charge is 2.10. The number of carboxylic acids is 1. The molecule has 94 valence electrons. The minimum atomic E-state index is -0.669. The van der Waals surface area contributed by atoms with Gasteiger partial charge in [0.05, 0.1) is 5.92 Å². The van der Waals surface area contributed by atoms with Crippen molar-refractivity contribution >= 4 is 5.97 Å². The molecule has 2 unspecified atom stereocenters. The number of hydrogen-bond donors (Lipinski definition) is 1. The molecule has 0 aromatic heterocycles. The monoisotopic (exact) mass is 226 g/mol. The van der Waals surface area contributed by atoms with Crippen LogP contribution >= 0.6 is 0 Å². The van der Waals surface area contributed by atoms with Gasteiger partial charge in [0.1, 0.15) is 0 Å². The number of aliphatic carboxylic acids is 1. The zero-order valence-corrected chi connectivity index (χ0v) is 11.1. The molecule has 0 aromatic rings. The van der Waals surface area contributed by atoms with Crippen LogP contribution in [0.2, 0.25) is 0 Å². The molecule has 0 amide bonds. The number of hydrogen-bond acceptors (Lipinski definition) is 1. The minimum Gasteiger partial charge on any atom is -0.481 e. The van der Waals surface area contributed by atoms with Crippen LogP contribution in [0.1, 0.15) is 59.8 Å². The maximum Gasteiger partial charge on any atom is 0.306 e. The van der Waals surface area contributed by atoms with Gasteiger partial charge in [-0.15, -0.1) is 0 Å². The first kappa shape index (κ1) is 15.2. The van der Waals surface area contributed by atoms with E-state index in [1.807, 2.05) is 0 Å². The van der Waals surface area contributed by atoms with Crippen LogP contribution in [0.4, 0.5) is 0 Å². The summed E-state index contributed by atoms with van der Waals surface area (Å²) in [6.45, 7) is 8.29. The van der Waals surface area contributed by atoms with E-state index in [-0.39, 0.29) is 5.92 Å². The highest BCUT2D eigenvalue weighted by Crippen LogP contribution is 2.17. The summed E-state index contributed by atoms with van der Waals surface area (Å²) in [5, 5.41) is 8.74. The third-order valence-corrected chi connectivity index (χ3v) is 2.97. The van der Waals surface area contributed by atoms with Crippen LogP contribution in [0.25, 0.3) is 0 Å². The second kappa shape index (κ2) is 8.37. The van der Waals surface area contributed by atoms with E-state index in [0.717, 1.165) is 25.7 Å². The lowest BCUT2D eigenvalue weighted by molar-refractivity contribution is -0.141. The second-order valence-corrected chi connectivity index (χ2v) is 5.13. The minimum absolute atomic E-state index is 0.190. The van der Waals surface area contributed by atoms with Crippen molar-refractivity contribution in [3.63, 3.8) is 0 Å². The first-order valence-electron chi connectivity index (χ1n) is 6.29. The zero-order valence-electron chi connectivity index (χ0n) is 11.1. The van der Waals surface area contributed by atoms with E-state index in [2.05, 4.69) is 26.8 Å². The van der Waals surface area contributed by atoms with Gasteiger partial charge in [0.25, 0.3) is 0 Å². The van der Waals surface area contributed by atoms with Crippen molar-refractivity contribution in [3.8, 4) is 0 Å². The first-order valence-corrected chi connectivity index (χ1v) is 6.29. The molecule has 0 saturated carbocycles. The highest BCUT2D eigenvalue weighted by molar-refractivity contribution is 5.69. The molecule has 2 nitrogen and oxygen atoms in total. The molecule has 0 saturated heterocycles. The van der Waals surface area contributed by atoms with Gasteiger partial charge in [0, 0.05) is 0 Å². The maximum absolute atomic E-state index is 10.6. The Morgan fingerprint density at radius 2 is 1.81 bits per heavy atom. The van der Waals surface area contributed by atoms with Crippen LogP contribution in [0.5, 0.6) is 0 Å². The van der Waals surface area contributed by atoms with Gasteiger partial charge in [-0.3, -0.25) is 4.79 Å². The lowest BCUT2D eigenvalue weighted by Gasteiger charge is -2.11. The van der Waals surface area contributed by atoms with Crippen LogP contribution < -0.4 is 0 Å². The summed E-state index contributed by atoms with van der Waals surface area (Å²) in [6.07, 6.45) is 7.63. The van der Waals surface area contributed by atoms with Gasteiger partial charge >= 0.3 is 5.97 Å². The smallest absolute Gasteiger partial charge is 0.306 e. The van der Waals surface area contributed by atoms with Crippen molar-refractivity contribution in [2.24, 2.45) is 11.8 Å². The molecule has 0 aliphatic rings. The van der Waals surface area contributed by atoms with E-state index in [1.54, 1.807) is 6.92 Å². The van der Waals surface area contributed by atoms with Gasteiger partial charge in [-0.1, -0.05) is 38.3 Å². The van der Waals surface area contributed by atoms with Gasteiger partial charge in [-0.2, -0.15) is 0 Å². The maximum atomic E-state index is 10.6. The van der Waals surface area contributed by atoms with Crippen molar-refractivity contribution in [2.45, 2.75) is 59.8 Å². The third kappa shape index (κ3) is 8.51. The fourth-order valence-electron chi connectivity index (χ4n) is 1.70.